The van der Waals surface area contributed by atoms with Crippen molar-refractivity contribution < 1.29 is 16.8 Å². The lowest BCUT2D eigenvalue weighted by molar-refractivity contribution is 0.187. The number of nitrogens with zero attached hydrogens (tertiary/aromatic N) is 3. The summed E-state index contributed by atoms with van der Waals surface area (Å²) in [5.41, 5.74) is 2.61. The predicted molar refractivity (Wildman–Crippen MR) is 148 cm³/mol. The lowest BCUT2D eigenvalue weighted by Crippen LogP contribution is -2.51. The van der Waals surface area contributed by atoms with E-state index >= 15 is 0 Å². The molecule has 4 rings (SSSR count). The molecule has 206 valence electrons. The van der Waals surface area contributed by atoms with Gasteiger partial charge < -0.3 is 4.90 Å². The highest BCUT2D eigenvalue weighted by Gasteiger charge is 2.39. The summed E-state index contributed by atoms with van der Waals surface area (Å²) in [6.07, 6.45) is 7.60. The molecule has 3 heterocycles. The summed E-state index contributed by atoms with van der Waals surface area (Å²) in [4.78, 5) is 2.95. The van der Waals surface area contributed by atoms with Crippen LogP contribution in [0.5, 0.6) is 0 Å². The van der Waals surface area contributed by atoms with Crippen molar-refractivity contribution >= 4 is 32.5 Å². The number of halogens is 1. The van der Waals surface area contributed by atoms with Crippen LogP contribution in [0.4, 0.5) is 0 Å². The second-order valence-corrected chi connectivity index (χ2v) is 14.8. The summed E-state index contributed by atoms with van der Waals surface area (Å²) < 4.78 is 55.9. The van der Waals surface area contributed by atoms with E-state index in [1.807, 2.05) is 32.9 Å². The van der Waals surface area contributed by atoms with Gasteiger partial charge in [-0.2, -0.15) is 4.31 Å². The largest absolute Gasteiger partial charge is 0.303 e. The Bertz CT molecular complexity index is 1070. The van der Waals surface area contributed by atoms with Gasteiger partial charge in [0.15, 0.2) is 0 Å². The van der Waals surface area contributed by atoms with Crippen LogP contribution in [0, 0.1) is 26.7 Å². The van der Waals surface area contributed by atoms with Crippen LogP contribution in [0.2, 0.25) is 0 Å². The van der Waals surface area contributed by atoms with Gasteiger partial charge in [-0.15, -0.1) is 12.4 Å². The zero-order valence-corrected chi connectivity index (χ0v) is 24.6. The molecule has 1 atom stereocenters. The molecule has 0 N–H and O–H groups in total. The molecule has 10 heteroatoms. The quantitative estimate of drug-likeness (QED) is 0.430. The minimum atomic E-state index is -3.56. The Morgan fingerprint density at radius 3 is 2.00 bits per heavy atom. The molecule has 0 aromatic heterocycles. The molecule has 1 aromatic rings. The normalized spacial score (nSPS) is 22.9. The van der Waals surface area contributed by atoms with Crippen LogP contribution in [0.15, 0.2) is 17.0 Å². The number of hydrogen-bond donors (Lipinski definition) is 0. The van der Waals surface area contributed by atoms with Crippen molar-refractivity contribution in [2.75, 3.05) is 45.0 Å². The van der Waals surface area contributed by atoms with Crippen molar-refractivity contribution in [2.45, 2.75) is 83.1 Å². The van der Waals surface area contributed by atoms with Crippen molar-refractivity contribution in [1.29, 1.82) is 0 Å². The van der Waals surface area contributed by atoms with Crippen LogP contribution in [0.25, 0.3) is 0 Å². The number of piperidine rings is 1. The second-order valence-electron chi connectivity index (χ2n) is 10.9. The third-order valence-corrected chi connectivity index (χ3v) is 12.4. The van der Waals surface area contributed by atoms with Crippen LogP contribution >= 0.6 is 12.4 Å². The average Bonchev–Trinajstić information content (AvgIpc) is 3.27. The minimum Gasteiger partial charge on any atom is -0.303 e. The summed E-state index contributed by atoms with van der Waals surface area (Å²) in [5, 5.41) is 0. The van der Waals surface area contributed by atoms with E-state index in [9.17, 15) is 16.8 Å². The highest BCUT2D eigenvalue weighted by molar-refractivity contribution is 7.89. The third kappa shape index (κ3) is 6.83. The van der Waals surface area contributed by atoms with Crippen molar-refractivity contribution in [2.24, 2.45) is 5.92 Å². The maximum Gasteiger partial charge on any atom is 0.243 e. The molecule has 0 spiro atoms. The van der Waals surface area contributed by atoms with Gasteiger partial charge in [0.1, 0.15) is 0 Å². The van der Waals surface area contributed by atoms with Crippen molar-refractivity contribution in [3.8, 4) is 0 Å². The number of likely N-dealkylation sites (tertiary alicyclic amines) is 1. The van der Waals surface area contributed by atoms with Crippen LogP contribution in [0.1, 0.15) is 68.1 Å². The zero-order chi connectivity index (χ0) is 25.2. The Morgan fingerprint density at radius 1 is 0.833 bits per heavy atom. The first-order valence-corrected chi connectivity index (χ1v) is 16.4. The number of aryl methyl sites for hydroxylation is 3. The average molecular weight is 562 g/mol. The van der Waals surface area contributed by atoms with Crippen LogP contribution in [-0.4, -0.2) is 81.4 Å². The predicted octanol–water partition coefficient (Wildman–Crippen LogP) is 4.10. The zero-order valence-electron chi connectivity index (χ0n) is 22.1. The molecule has 3 fully saturated rings. The van der Waals surface area contributed by atoms with E-state index in [2.05, 4.69) is 4.90 Å². The van der Waals surface area contributed by atoms with E-state index < -0.39 is 20.0 Å². The second kappa shape index (κ2) is 12.4. The maximum absolute atomic E-state index is 13.3. The minimum absolute atomic E-state index is 0. The summed E-state index contributed by atoms with van der Waals surface area (Å²) in [6, 6.07) is 3.72. The van der Waals surface area contributed by atoms with Gasteiger partial charge in [-0.25, -0.2) is 21.1 Å². The third-order valence-electron chi connectivity index (χ3n) is 8.22. The molecule has 0 amide bonds. The van der Waals surface area contributed by atoms with E-state index in [1.54, 1.807) is 8.61 Å². The van der Waals surface area contributed by atoms with Gasteiger partial charge in [0, 0.05) is 25.7 Å². The molecule has 36 heavy (non-hydrogen) atoms. The standard InChI is InChI=1S/C26H43N3O4S2.ClH/c1-21-19-22(2)26(23(3)20-21)35(32,33)29-17-11-25(29)7-6-18-34(30,31)28-15-9-24(10-16-28)8-14-27-12-4-5-13-27;/h19-20,24-25H,4-18H2,1-3H3;1H/t25-;/m0./s1. The first kappa shape index (κ1) is 29.8. The highest BCUT2D eigenvalue weighted by Crippen LogP contribution is 2.33. The van der Waals surface area contributed by atoms with Gasteiger partial charge in [-0.3, -0.25) is 0 Å². The summed E-state index contributed by atoms with van der Waals surface area (Å²) in [5.74, 6) is 0.739. The number of sulfonamides is 2. The summed E-state index contributed by atoms with van der Waals surface area (Å²) in [7, 11) is -6.85. The van der Waals surface area contributed by atoms with Gasteiger partial charge in [0.05, 0.1) is 10.6 Å². The van der Waals surface area contributed by atoms with Crippen molar-refractivity contribution in [3.63, 3.8) is 0 Å². The first-order chi connectivity index (χ1) is 16.6. The van der Waals surface area contributed by atoms with Gasteiger partial charge in [-0.05, 0) is 109 Å². The summed E-state index contributed by atoms with van der Waals surface area (Å²) >= 11 is 0. The van der Waals surface area contributed by atoms with Crippen LogP contribution < -0.4 is 0 Å². The Kier molecular flexibility index (Phi) is 10.3. The van der Waals surface area contributed by atoms with Crippen molar-refractivity contribution in [1.82, 2.24) is 13.5 Å². The number of rotatable bonds is 10. The van der Waals surface area contributed by atoms with Crippen LogP contribution in [0.3, 0.4) is 0 Å². The summed E-state index contributed by atoms with van der Waals surface area (Å²) in [6.45, 7) is 11.0. The van der Waals surface area contributed by atoms with Crippen molar-refractivity contribution in [3.05, 3.63) is 28.8 Å². The molecule has 0 radical (unpaired) electrons. The molecule has 0 saturated carbocycles. The van der Waals surface area contributed by atoms with Crippen LogP contribution in [-0.2, 0) is 20.0 Å². The van der Waals surface area contributed by atoms with E-state index in [0.717, 1.165) is 42.5 Å². The molecule has 0 bridgehead atoms. The molecule has 3 saturated heterocycles. The van der Waals surface area contributed by atoms with E-state index in [0.29, 0.717) is 43.3 Å². The van der Waals surface area contributed by atoms with Gasteiger partial charge in [0.25, 0.3) is 0 Å². The highest BCUT2D eigenvalue weighted by atomic mass is 35.5. The molecule has 1 aromatic carbocycles. The van der Waals surface area contributed by atoms with Gasteiger partial charge >= 0.3 is 0 Å². The molecule has 0 unspecified atom stereocenters. The molecule has 3 aliphatic rings. The Balaban J connectivity index is 0.00000361. The number of hydrogen-bond acceptors (Lipinski definition) is 5. The number of benzene rings is 1. The SMILES string of the molecule is Cc1cc(C)c(S(=O)(=O)N2CC[C@@H]2CCCS(=O)(=O)N2CCC(CCN3CCCC3)CC2)c(C)c1.Cl. The molecule has 3 aliphatic heterocycles. The monoisotopic (exact) mass is 561 g/mol. The first-order valence-electron chi connectivity index (χ1n) is 13.4. The fraction of sp³-hybridized carbons (Fsp3) is 0.769. The molecular formula is C26H44ClN3O4S2. The van der Waals surface area contributed by atoms with Gasteiger partial charge in [0.2, 0.25) is 20.0 Å². The lowest BCUT2D eigenvalue weighted by Gasteiger charge is -2.40. The molecular weight excluding hydrogens is 518 g/mol. The Hall–Kier alpha value is -0.710. The lowest BCUT2D eigenvalue weighted by atomic mass is 9.94. The maximum atomic E-state index is 13.3. The molecule has 7 nitrogen and oxygen atoms in total. The topological polar surface area (TPSA) is 78.0 Å². The Morgan fingerprint density at radius 2 is 1.44 bits per heavy atom. The Labute approximate surface area is 225 Å². The van der Waals surface area contributed by atoms with E-state index in [1.165, 1.54) is 32.4 Å². The molecule has 0 aliphatic carbocycles. The smallest absolute Gasteiger partial charge is 0.243 e. The van der Waals surface area contributed by atoms with E-state index in [4.69, 9.17) is 0 Å². The fourth-order valence-electron chi connectivity index (χ4n) is 6.19. The fourth-order valence-corrected chi connectivity index (χ4v) is 9.86. The van der Waals surface area contributed by atoms with E-state index in [-0.39, 0.29) is 24.2 Å². The van der Waals surface area contributed by atoms with Gasteiger partial charge in [-0.1, -0.05) is 17.7 Å².